The van der Waals surface area contributed by atoms with Crippen molar-refractivity contribution in [1.82, 2.24) is 10.6 Å². The van der Waals surface area contributed by atoms with Gasteiger partial charge in [0.05, 0.1) is 24.7 Å². The Bertz CT molecular complexity index is 588. The average Bonchev–Trinajstić information content (AvgIpc) is 2.59. The molecule has 0 spiro atoms. The van der Waals surface area contributed by atoms with Crippen molar-refractivity contribution in [3.05, 3.63) is 39.9 Å². The number of benzene rings is 1. The topological polar surface area (TPSA) is 97.9 Å². The molecule has 1 aliphatic heterocycles. The van der Waals surface area contributed by atoms with E-state index in [4.69, 9.17) is 17.0 Å². The monoisotopic (exact) mass is 353 g/mol. The fourth-order valence-electron chi connectivity index (χ4n) is 2.40. The molecule has 1 aromatic rings. The van der Waals surface area contributed by atoms with Gasteiger partial charge in [0.25, 0.3) is 11.6 Å². The number of nitrogens with zero attached hydrogens (tertiary/aromatic N) is 1. The van der Waals surface area contributed by atoms with Crippen molar-refractivity contribution < 1.29 is 19.4 Å². The number of rotatable bonds is 6. The second-order valence-corrected chi connectivity index (χ2v) is 5.89. The summed E-state index contributed by atoms with van der Waals surface area (Å²) >= 11 is 5.09. The lowest BCUT2D eigenvalue weighted by molar-refractivity contribution is -0.908. The summed E-state index contributed by atoms with van der Waals surface area (Å²) in [4.78, 5) is 23.6. The normalized spacial score (nSPS) is 14.8. The van der Waals surface area contributed by atoms with Gasteiger partial charge in [-0.1, -0.05) is 0 Å². The van der Waals surface area contributed by atoms with E-state index in [-0.39, 0.29) is 16.7 Å². The van der Waals surface area contributed by atoms with Gasteiger partial charge in [-0.2, -0.15) is 0 Å². The molecule has 1 heterocycles. The van der Waals surface area contributed by atoms with E-state index in [2.05, 4.69) is 10.6 Å². The highest BCUT2D eigenvalue weighted by molar-refractivity contribution is 7.80. The molecule has 0 aromatic heterocycles. The van der Waals surface area contributed by atoms with Gasteiger partial charge in [0.1, 0.15) is 13.1 Å². The van der Waals surface area contributed by atoms with Gasteiger partial charge in [-0.25, -0.2) is 0 Å². The minimum absolute atomic E-state index is 0.0575. The molecule has 3 N–H and O–H groups in total. The standard InChI is InChI=1S/C15H20N4O4S/c20-14(12-2-4-13(5-3-12)19(21)22)17-15(24)16-6-1-7-18-8-10-23-11-9-18/h2-5H,1,6-11H2,(H2,16,17,20,24)/p+1. The number of nitrogens with one attached hydrogen (secondary N) is 3. The minimum atomic E-state index is -0.510. The molecule has 9 heteroatoms. The third kappa shape index (κ3) is 5.84. The largest absolute Gasteiger partial charge is 0.370 e. The number of hydrogen-bond acceptors (Lipinski definition) is 5. The molecular weight excluding hydrogens is 332 g/mol. The molecule has 0 aliphatic carbocycles. The maximum Gasteiger partial charge on any atom is 0.269 e. The Balaban J connectivity index is 1.67. The molecule has 24 heavy (non-hydrogen) atoms. The number of nitro groups is 1. The molecular formula is C15H21N4O4S+. The van der Waals surface area contributed by atoms with Gasteiger partial charge >= 0.3 is 0 Å². The number of quaternary nitrogens is 1. The summed E-state index contributed by atoms with van der Waals surface area (Å²) in [7, 11) is 0. The van der Waals surface area contributed by atoms with Gasteiger partial charge in [-0.05, 0) is 24.4 Å². The molecule has 0 saturated carbocycles. The smallest absolute Gasteiger partial charge is 0.269 e. The summed E-state index contributed by atoms with van der Waals surface area (Å²) in [6.45, 7) is 5.40. The van der Waals surface area contributed by atoms with Gasteiger partial charge in [0.2, 0.25) is 0 Å². The van der Waals surface area contributed by atoms with Crippen molar-refractivity contribution in [3.8, 4) is 0 Å². The molecule has 1 fully saturated rings. The van der Waals surface area contributed by atoms with Crippen LogP contribution >= 0.6 is 12.2 Å². The summed E-state index contributed by atoms with van der Waals surface area (Å²) in [6, 6.07) is 5.38. The van der Waals surface area contributed by atoms with Gasteiger partial charge in [0, 0.05) is 30.7 Å². The molecule has 0 radical (unpaired) electrons. The number of carbonyl (C=O) groups excluding carboxylic acids is 1. The number of ether oxygens (including phenoxy) is 1. The third-order valence-corrected chi connectivity index (χ3v) is 4.01. The van der Waals surface area contributed by atoms with Crippen LogP contribution in [0.5, 0.6) is 0 Å². The van der Waals surface area contributed by atoms with Crippen molar-refractivity contribution in [2.75, 3.05) is 39.4 Å². The number of morpholine rings is 1. The number of nitro benzene ring substituents is 1. The number of hydrogen-bond donors (Lipinski definition) is 3. The zero-order chi connectivity index (χ0) is 17.4. The Morgan fingerprint density at radius 1 is 1.29 bits per heavy atom. The fraction of sp³-hybridized carbons (Fsp3) is 0.467. The van der Waals surface area contributed by atoms with E-state index < -0.39 is 4.92 Å². The zero-order valence-corrected chi connectivity index (χ0v) is 14.1. The van der Waals surface area contributed by atoms with Crippen LogP contribution in [0.4, 0.5) is 5.69 Å². The zero-order valence-electron chi connectivity index (χ0n) is 13.2. The van der Waals surface area contributed by atoms with Crippen molar-refractivity contribution in [1.29, 1.82) is 0 Å². The maximum absolute atomic E-state index is 12.0. The SMILES string of the molecule is O=C(NC(=S)NCCC[NH+]1CCOCC1)c1ccc([N+](=O)[O-])cc1. The Morgan fingerprint density at radius 2 is 1.96 bits per heavy atom. The lowest BCUT2D eigenvalue weighted by Gasteiger charge is -2.23. The van der Waals surface area contributed by atoms with E-state index in [0.717, 1.165) is 39.3 Å². The van der Waals surface area contributed by atoms with Gasteiger partial charge in [-0.15, -0.1) is 0 Å². The number of amides is 1. The quantitative estimate of drug-likeness (QED) is 0.276. The van der Waals surface area contributed by atoms with E-state index in [0.29, 0.717) is 12.1 Å². The Labute approximate surface area is 145 Å². The van der Waals surface area contributed by atoms with Crippen LogP contribution in [0, 0.1) is 10.1 Å². The molecule has 1 aromatic carbocycles. The second kappa shape index (κ2) is 9.26. The van der Waals surface area contributed by atoms with E-state index in [1.165, 1.54) is 29.2 Å². The highest BCUT2D eigenvalue weighted by atomic mass is 32.1. The van der Waals surface area contributed by atoms with E-state index >= 15 is 0 Å². The molecule has 0 atom stereocenters. The Hall–Kier alpha value is -2.10. The first-order chi connectivity index (χ1) is 11.6. The molecule has 8 nitrogen and oxygen atoms in total. The molecule has 1 saturated heterocycles. The van der Waals surface area contributed by atoms with Crippen LogP contribution in [0.3, 0.4) is 0 Å². The van der Waals surface area contributed by atoms with Crippen molar-refractivity contribution in [2.24, 2.45) is 0 Å². The van der Waals surface area contributed by atoms with Crippen LogP contribution < -0.4 is 15.5 Å². The molecule has 1 aliphatic rings. The maximum atomic E-state index is 12.0. The lowest BCUT2D eigenvalue weighted by atomic mass is 10.2. The average molecular weight is 353 g/mol. The highest BCUT2D eigenvalue weighted by Gasteiger charge is 2.13. The first-order valence-corrected chi connectivity index (χ1v) is 8.22. The van der Waals surface area contributed by atoms with Crippen LogP contribution in [0.2, 0.25) is 0 Å². The summed E-state index contributed by atoms with van der Waals surface area (Å²) in [5.41, 5.74) is 0.264. The fourth-order valence-corrected chi connectivity index (χ4v) is 2.60. The minimum Gasteiger partial charge on any atom is -0.370 e. The van der Waals surface area contributed by atoms with Crippen molar-refractivity contribution >= 4 is 28.9 Å². The first-order valence-electron chi connectivity index (χ1n) is 7.81. The summed E-state index contributed by atoms with van der Waals surface area (Å²) in [6.07, 6.45) is 0.947. The van der Waals surface area contributed by atoms with Crippen LogP contribution in [0.1, 0.15) is 16.8 Å². The molecule has 1 amide bonds. The highest BCUT2D eigenvalue weighted by Crippen LogP contribution is 2.11. The Kier molecular flexibility index (Phi) is 7.04. The molecule has 2 rings (SSSR count). The van der Waals surface area contributed by atoms with Crippen LogP contribution in [-0.4, -0.2) is 55.3 Å². The van der Waals surface area contributed by atoms with Crippen molar-refractivity contribution in [2.45, 2.75) is 6.42 Å². The predicted octanol–water partition coefficient (Wildman–Crippen LogP) is -0.496. The van der Waals surface area contributed by atoms with Crippen LogP contribution in [0.25, 0.3) is 0 Å². The van der Waals surface area contributed by atoms with E-state index in [1.54, 1.807) is 0 Å². The second-order valence-electron chi connectivity index (χ2n) is 5.48. The van der Waals surface area contributed by atoms with Gasteiger partial charge in [-0.3, -0.25) is 20.2 Å². The molecule has 130 valence electrons. The Morgan fingerprint density at radius 3 is 2.58 bits per heavy atom. The first kappa shape index (κ1) is 18.2. The van der Waals surface area contributed by atoms with Crippen LogP contribution in [0.15, 0.2) is 24.3 Å². The van der Waals surface area contributed by atoms with Gasteiger partial charge in [0.15, 0.2) is 5.11 Å². The molecule has 0 bridgehead atoms. The molecule has 0 unspecified atom stereocenters. The number of non-ortho nitro benzene ring substituents is 1. The van der Waals surface area contributed by atoms with E-state index in [1.807, 2.05) is 0 Å². The summed E-state index contributed by atoms with van der Waals surface area (Å²) < 4.78 is 5.31. The predicted molar refractivity (Wildman–Crippen MR) is 92.2 cm³/mol. The van der Waals surface area contributed by atoms with Crippen LogP contribution in [-0.2, 0) is 4.74 Å². The summed E-state index contributed by atoms with van der Waals surface area (Å²) in [5.74, 6) is -0.388. The van der Waals surface area contributed by atoms with Gasteiger partial charge < -0.3 is 15.0 Å². The summed E-state index contributed by atoms with van der Waals surface area (Å²) in [5, 5.41) is 16.4. The number of thiocarbonyl (C=S) groups is 1. The third-order valence-electron chi connectivity index (χ3n) is 3.76. The van der Waals surface area contributed by atoms with Crippen molar-refractivity contribution in [3.63, 3.8) is 0 Å². The van der Waals surface area contributed by atoms with E-state index in [9.17, 15) is 14.9 Å². The lowest BCUT2D eigenvalue weighted by Crippen LogP contribution is -3.14. The number of carbonyl (C=O) groups is 1.